The zero-order valence-corrected chi connectivity index (χ0v) is 45.0. The summed E-state index contributed by atoms with van der Waals surface area (Å²) in [4.78, 5) is 43.0. The van der Waals surface area contributed by atoms with Gasteiger partial charge in [0.15, 0.2) is 0 Å². The predicted molar refractivity (Wildman–Crippen MR) is 281 cm³/mol. The normalized spacial score (nSPS) is 12.5. The van der Waals surface area contributed by atoms with E-state index in [1.54, 1.807) is 0 Å². The molecule has 0 bridgehead atoms. The minimum Gasteiger partial charge on any atom is -0.465 e. The number of carbonyl (C=O) groups is 3. The molecular weight excluding hydrogens is 823 g/mol. The van der Waals surface area contributed by atoms with Gasteiger partial charge in [-0.25, -0.2) is 4.79 Å². The van der Waals surface area contributed by atoms with Crippen molar-refractivity contribution >= 4 is 18.0 Å². The molecule has 9 nitrogen and oxygen atoms in total. The number of rotatable bonds is 52. The first-order chi connectivity index (χ1) is 32.3. The fourth-order valence-corrected chi connectivity index (χ4v) is 9.03. The van der Waals surface area contributed by atoms with Crippen molar-refractivity contribution in [2.75, 3.05) is 66.6 Å². The summed E-state index contributed by atoms with van der Waals surface area (Å²) in [5, 5.41) is 2.88. The summed E-state index contributed by atoms with van der Waals surface area (Å²) in [6.07, 6.45) is 44.0. The van der Waals surface area contributed by atoms with Gasteiger partial charge in [0.05, 0.1) is 31.7 Å². The van der Waals surface area contributed by atoms with Gasteiger partial charge in [-0.15, -0.1) is 0 Å². The molecule has 2 unspecified atom stereocenters. The number of hydrogen-bond donors (Lipinski definition) is 1. The largest absolute Gasteiger partial charge is 0.465 e. The first kappa shape index (κ1) is 64.1. The Kier molecular flexibility index (Phi) is 49.5. The highest BCUT2D eigenvalue weighted by Crippen LogP contribution is 2.22. The number of carbonyl (C=O) groups excluding carboxylic acids is 3. The Morgan fingerprint density at radius 3 is 1.08 bits per heavy atom. The summed E-state index contributed by atoms with van der Waals surface area (Å²) >= 11 is 0. The van der Waals surface area contributed by atoms with Crippen LogP contribution in [-0.2, 0) is 23.8 Å². The summed E-state index contributed by atoms with van der Waals surface area (Å²) in [7, 11) is 4.08. The van der Waals surface area contributed by atoms with Crippen LogP contribution in [0, 0.1) is 11.8 Å². The van der Waals surface area contributed by atoms with Crippen molar-refractivity contribution in [1.82, 2.24) is 15.1 Å². The fourth-order valence-electron chi connectivity index (χ4n) is 9.03. The van der Waals surface area contributed by atoms with Crippen molar-refractivity contribution in [3.8, 4) is 0 Å². The molecule has 0 spiro atoms. The molecular formula is C57H113N3O6. The Balaban J connectivity index is 4.60. The van der Waals surface area contributed by atoms with E-state index in [0.717, 1.165) is 116 Å². The zero-order chi connectivity index (χ0) is 48.4. The summed E-state index contributed by atoms with van der Waals surface area (Å²) in [5.74, 6) is 0.283. The molecule has 0 aliphatic carbocycles. The number of nitrogens with one attached hydrogen (secondary N) is 1. The van der Waals surface area contributed by atoms with Crippen LogP contribution in [0.25, 0.3) is 0 Å². The third kappa shape index (κ3) is 44.6. The Hall–Kier alpha value is -1.87. The van der Waals surface area contributed by atoms with Crippen molar-refractivity contribution < 1.29 is 28.6 Å². The summed E-state index contributed by atoms with van der Waals surface area (Å²) in [6, 6.07) is 0. The molecule has 0 aromatic rings. The molecule has 0 aromatic carbocycles. The van der Waals surface area contributed by atoms with Crippen molar-refractivity contribution in [3.05, 3.63) is 0 Å². The first-order valence-corrected chi connectivity index (χ1v) is 28.9. The third-order valence-electron chi connectivity index (χ3n) is 13.4. The summed E-state index contributed by atoms with van der Waals surface area (Å²) in [6.45, 7) is 15.3. The van der Waals surface area contributed by atoms with Crippen LogP contribution in [0.2, 0.25) is 0 Å². The molecule has 0 heterocycles. The maximum atomic E-state index is 13.0. The molecule has 1 N–H and O–H groups in total. The standard InChI is InChI=1S/C57H113N3O6/c1-7-11-15-19-25-33-43-53(41-31-17-13-9-3)55(61)64-50-37-29-23-21-27-35-47-60(49-40-52-66-57(63)58-45-39-46-59(5)6)48-36-28-22-24-30-38-51-65-56(62)54(42-32-18-14-10-4)44-34-26-20-16-12-8-2/h53-54H,7-52H2,1-6H3,(H,58,63). The second-order valence-electron chi connectivity index (χ2n) is 20.2. The van der Waals surface area contributed by atoms with Gasteiger partial charge in [0.25, 0.3) is 0 Å². The molecule has 0 aromatic heterocycles. The topological polar surface area (TPSA) is 97.4 Å². The van der Waals surface area contributed by atoms with Gasteiger partial charge in [-0.2, -0.15) is 0 Å². The van der Waals surface area contributed by atoms with Crippen LogP contribution in [0.3, 0.4) is 0 Å². The van der Waals surface area contributed by atoms with Gasteiger partial charge < -0.3 is 29.3 Å². The molecule has 0 rings (SSSR count). The number of amides is 1. The number of nitrogens with zero attached hydrogens (tertiary/aromatic N) is 2. The number of hydrogen-bond acceptors (Lipinski definition) is 8. The summed E-state index contributed by atoms with van der Waals surface area (Å²) < 4.78 is 17.2. The first-order valence-electron chi connectivity index (χ1n) is 28.9. The van der Waals surface area contributed by atoms with Crippen molar-refractivity contribution in [2.45, 2.75) is 272 Å². The molecule has 1 amide bonds. The summed E-state index contributed by atoms with van der Waals surface area (Å²) in [5.41, 5.74) is 0. The Morgan fingerprint density at radius 2 is 0.682 bits per heavy atom. The fraction of sp³-hybridized carbons (Fsp3) is 0.947. The van der Waals surface area contributed by atoms with E-state index < -0.39 is 0 Å². The van der Waals surface area contributed by atoms with E-state index in [4.69, 9.17) is 14.2 Å². The van der Waals surface area contributed by atoms with Gasteiger partial charge in [0.2, 0.25) is 0 Å². The molecule has 0 saturated heterocycles. The van der Waals surface area contributed by atoms with Gasteiger partial charge >= 0.3 is 18.0 Å². The van der Waals surface area contributed by atoms with Gasteiger partial charge in [-0.3, -0.25) is 9.59 Å². The number of ether oxygens (including phenoxy) is 3. The third-order valence-corrected chi connectivity index (χ3v) is 13.4. The van der Waals surface area contributed by atoms with Crippen LogP contribution in [0.5, 0.6) is 0 Å². The highest BCUT2D eigenvalue weighted by Gasteiger charge is 2.20. The maximum Gasteiger partial charge on any atom is 0.407 e. The van der Waals surface area contributed by atoms with Crippen molar-refractivity contribution in [3.63, 3.8) is 0 Å². The molecule has 0 saturated carbocycles. The van der Waals surface area contributed by atoms with E-state index in [1.165, 1.54) is 154 Å². The molecule has 0 aliphatic heterocycles. The lowest BCUT2D eigenvalue weighted by molar-refractivity contribution is -0.150. The molecule has 9 heteroatoms. The van der Waals surface area contributed by atoms with Crippen LogP contribution >= 0.6 is 0 Å². The van der Waals surface area contributed by atoms with Gasteiger partial charge in [-0.05, 0) is 97.9 Å². The lowest BCUT2D eigenvalue weighted by Crippen LogP contribution is -2.30. The minimum atomic E-state index is -0.310. The SMILES string of the molecule is CCCCCCCCC(CCCCCC)C(=O)OCCCCCCCCN(CCCCCCCCOC(=O)C(CCCCCC)CCCCCCCC)CCCOC(=O)NCCCN(C)C. The van der Waals surface area contributed by atoms with Crippen LogP contribution in [0.4, 0.5) is 4.79 Å². The average Bonchev–Trinajstić information content (AvgIpc) is 3.31. The van der Waals surface area contributed by atoms with Gasteiger partial charge in [0, 0.05) is 13.1 Å². The zero-order valence-electron chi connectivity index (χ0n) is 45.0. The number of alkyl carbamates (subject to hydrolysis) is 1. The van der Waals surface area contributed by atoms with Crippen molar-refractivity contribution in [1.29, 1.82) is 0 Å². The van der Waals surface area contributed by atoms with E-state index in [2.05, 4.69) is 42.8 Å². The number of unbranched alkanes of at least 4 members (excludes halogenated alkanes) is 26. The average molecular weight is 937 g/mol. The van der Waals surface area contributed by atoms with Gasteiger partial charge in [-0.1, -0.05) is 207 Å². The highest BCUT2D eigenvalue weighted by atomic mass is 16.5. The van der Waals surface area contributed by atoms with E-state index >= 15 is 0 Å². The maximum absolute atomic E-state index is 13.0. The van der Waals surface area contributed by atoms with Crippen molar-refractivity contribution in [2.24, 2.45) is 11.8 Å². The monoisotopic (exact) mass is 936 g/mol. The molecule has 2 atom stereocenters. The lowest BCUT2D eigenvalue weighted by atomic mass is 9.94. The number of esters is 2. The predicted octanol–water partition coefficient (Wildman–Crippen LogP) is 15.8. The Bertz CT molecular complexity index is 982. The van der Waals surface area contributed by atoms with Crippen LogP contribution in [0.15, 0.2) is 0 Å². The second-order valence-corrected chi connectivity index (χ2v) is 20.2. The Morgan fingerprint density at radius 1 is 0.364 bits per heavy atom. The molecule has 0 aliphatic rings. The van der Waals surface area contributed by atoms with E-state index in [1.807, 2.05) is 14.1 Å². The van der Waals surface area contributed by atoms with Crippen LogP contribution < -0.4 is 5.32 Å². The van der Waals surface area contributed by atoms with Gasteiger partial charge in [0.1, 0.15) is 0 Å². The second kappa shape index (κ2) is 51.0. The van der Waals surface area contributed by atoms with E-state index in [0.29, 0.717) is 26.4 Å². The van der Waals surface area contributed by atoms with Crippen LogP contribution in [-0.4, -0.2) is 94.5 Å². The van der Waals surface area contributed by atoms with E-state index in [9.17, 15) is 14.4 Å². The molecule has 0 fully saturated rings. The quantitative estimate of drug-likeness (QED) is 0.0366. The molecule has 392 valence electrons. The van der Waals surface area contributed by atoms with E-state index in [-0.39, 0.29) is 29.9 Å². The molecule has 66 heavy (non-hydrogen) atoms. The van der Waals surface area contributed by atoms with Crippen LogP contribution in [0.1, 0.15) is 272 Å². The lowest BCUT2D eigenvalue weighted by Gasteiger charge is -2.22. The minimum absolute atomic E-state index is 0.0550. The molecule has 0 radical (unpaired) electrons. The highest BCUT2D eigenvalue weighted by molar-refractivity contribution is 5.72. The Labute approximate surface area is 410 Å². The smallest absolute Gasteiger partial charge is 0.407 e.